The highest BCUT2D eigenvalue weighted by Gasteiger charge is 2.16. The average Bonchev–Trinajstić information content (AvgIpc) is 2.97. The normalized spacial score (nSPS) is 12.1. The first kappa shape index (κ1) is 11.2. The van der Waals surface area contributed by atoms with Crippen LogP contribution in [0.25, 0.3) is 0 Å². The SMILES string of the molecule is O=C(Nc1cccc2c1N=S=N2)c1ccoc1Cl. The van der Waals surface area contributed by atoms with Crippen molar-refractivity contribution in [3.8, 4) is 0 Å². The highest BCUT2D eigenvalue weighted by Crippen LogP contribution is 2.38. The van der Waals surface area contributed by atoms with Crippen molar-refractivity contribution in [2.45, 2.75) is 0 Å². The van der Waals surface area contributed by atoms with Crippen LogP contribution in [0, 0.1) is 0 Å². The van der Waals surface area contributed by atoms with Gasteiger partial charge in [-0.25, -0.2) is 0 Å². The Balaban J connectivity index is 1.91. The molecule has 0 saturated heterocycles. The molecular weight excluding hydrogens is 274 g/mol. The van der Waals surface area contributed by atoms with E-state index in [0.29, 0.717) is 11.4 Å². The summed E-state index contributed by atoms with van der Waals surface area (Å²) >= 11 is 6.84. The third-order valence-electron chi connectivity index (χ3n) is 2.40. The third kappa shape index (κ3) is 1.85. The number of rotatable bonds is 2. The van der Waals surface area contributed by atoms with Crippen LogP contribution in [0.15, 0.2) is 43.7 Å². The average molecular weight is 280 g/mol. The zero-order chi connectivity index (χ0) is 12.5. The van der Waals surface area contributed by atoms with Crippen molar-refractivity contribution in [1.29, 1.82) is 0 Å². The highest BCUT2D eigenvalue weighted by atomic mass is 35.5. The van der Waals surface area contributed by atoms with E-state index in [1.54, 1.807) is 12.1 Å². The minimum absolute atomic E-state index is 0.0658. The first-order valence-electron chi connectivity index (χ1n) is 5.01. The zero-order valence-electron chi connectivity index (χ0n) is 8.88. The molecule has 0 radical (unpaired) electrons. The Morgan fingerprint density at radius 1 is 1.33 bits per heavy atom. The maximum Gasteiger partial charge on any atom is 0.260 e. The molecule has 1 aromatic carbocycles. The number of amides is 1. The number of carbonyl (C=O) groups is 1. The molecule has 1 amide bonds. The van der Waals surface area contributed by atoms with E-state index in [1.165, 1.54) is 12.3 Å². The molecule has 3 rings (SSSR count). The lowest BCUT2D eigenvalue weighted by Gasteiger charge is -2.06. The summed E-state index contributed by atoms with van der Waals surface area (Å²) in [6.45, 7) is 0. The maximum atomic E-state index is 12.0. The van der Waals surface area contributed by atoms with Crippen molar-refractivity contribution in [3.63, 3.8) is 0 Å². The van der Waals surface area contributed by atoms with Gasteiger partial charge in [0.1, 0.15) is 11.4 Å². The maximum absolute atomic E-state index is 12.0. The van der Waals surface area contributed by atoms with E-state index < -0.39 is 0 Å². The second kappa shape index (κ2) is 4.40. The third-order valence-corrected chi connectivity index (χ3v) is 3.23. The molecule has 5 nitrogen and oxygen atoms in total. The van der Waals surface area contributed by atoms with Crippen molar-refractivity contribution in [1.82, 2.24) is 0 Å². The monoisotopic (exact) mass is 279 g/mol. The molecule has 1 N–H and O–H groups in total. The van der Waals surface area contributed by atoms with Crippen LogP contribution in [0.2, 0.25) is 5.22 Å². The van der Waals surface area contributed by atoms with Crippen LogP contribution in [0.1, 0.15) is 10.4 Å². The van der Waals surface area contributed by atoms with Crippen molar-refractivity contribution in [2.24, 2.45) is 8.73 Å². The largest absolute Gasteiger partial charge is 0.452 e. The summed E-state index contributed by atoms with van der Waals surface area (Å²) in [6, 6.07) is 6.91. The molecule has 2 aromatic rings. The Kier molecular flexibility index (Phi) is 2.73. The number of anilines is 1. The summed E-state index contributed by atoms with van der Waals surface area (Å²) in [5.41, 5.74) is 2.30. The number of hydrogen-bond acceptors (Lipinski definition) is 4. The minimum atomic E-state index is -0.339. The van der Waals surface area contributed by atoms with Gasteiger partial charge in [-0.15, -0.1) is 0 Å². The van der Waals surface area contributed by atoms with Gasteiger partial charge < -0.3 is 9.73 Å². The van der Waals surface area contributed by atoms with Crippen molar-refractivity contribution in [3.05, 3.63) is 41.3 Å². The molecule has 0 bridgehead atoms. The van der Waals surface area contributed by atoms with Crippen LogP contribution in [0.5, 0.6) is 0 Å². The molecular formula is C11H6ClN3O2S. The van der Waals surface area contributed by atoms with E-state index in [4.69, 9.17) is 16.0 Å². The quantitative estimate of drug-likeness (QED) is 0.773. The van der Waals surface area contributed by atoms with Gasteiger partial charge in [-0.05, 0) is 29.8 Å². The van der Waals surface area contributed by atoms with Gasteiger partial charge in [-0.3, -0.25) is 4.79 Å². The number of furan rings is 1. The van der Waals surface area contributed by atoms with Crippen LogP contribution in [-0.2, 0) is 11.4 Å². The topological polar surface area (TPSA) is 67.0 Å². The summed E-state index contributed by atoms with van der Waals surface area (Å²) in [5, 5.41) is 2.80. The lowest BCUT2D eigenvalue weighted by Crippen LogP contribution is -2.11. The van der Waals surface area contributed by atoms with Crippen LogP contribution in [0.4, 0.5) is 17.1 Å². The Labute approximate surface area is 111 Å². The van der Waals surface area contributed by atoms with Gasteiger partial charge in [0, 0.05) is 0 Å². The zero-order valence-corrected chi connectivity index (χ0v) is 10.5. The Bertz CT molecular complexity index is 704. The minimum Gasteiger partial charge on any atom is -0.452 e. The Morgan fingerprint density at radius 3 is 3.00 bits per heavy atom. The number of hydrogen-bond donors (Lipinski definition) is 1. The molecule has 1 aliphatic rings. The van der Waals surface area contributed by atoms with Gasteiger partial charge in [0.2, 0.25) is 5.22 Å². The molecule has 2 heterocycles. The molecule has 1 aromatic heterocycles. The summed E-state index contributed by atoms with van der Waals surface area (Å²) < 4.78 is 13.1. The van der Waals surface area contributed by atoms with E-state index in [2.05, 4.69) is 14.0 Å². The predicted molar refractivity (Wildman–Crippen MR) is 69.7 cm³/mol. The van der Waals surface area contributed by atoms with E-state index in [1.807, 2.05) is 6.07 Å². The van der Waals surface area contributed by atoms with Gasteiger partial charge in [-0.2, -0.15) is 8.73 Å². The van der Waals surface area contributed by atoms with E-state index in [9.17, 15) is 4.79 Å². The van der Waals surface area contributed by atoms with Gasteiger partial charge in [0.05, 0.1) is 28.9 Å². The van der Waals surface area contributed by atoms with Gasteiger partial charge in [0.25, 0.3) is 5.91 Å². The molecule has 18 heavy (non-hydrogen) atoms. The fourth-order valence-corrected chi connectivity index (χ4v) is 2.30. The van der Waals surface area contributed by atoms with Gasteiger partial charge in [0.15, 0.2) is 0 Å². The van der Waals surface area contributed by atoms with Crippen molar-refractivity contribution in [2.75, 3.05) is 5.32 Å². The highest BCUT2D eigenvalue weighted by molar-refractivity contribution is 7.58. The summed E-state index contributed by atoms with van der Waals surface area (Å²) in [6.07, 6.45) is 1.36. The lowest BCUT2D eigenvalue weighted by atomic mass is 10.2. The first-order chi connectivity index (χ1) is 8.75. The molecule has 0 fully saturated rings. The summed E-state index contributed by atoms with van der Waals surface area (Å²) in [7, 11) is 0. The molecule has 0 saturated carbocycles. The lowest BCUT2D eigenvalue weighted by molar-refractivity contribution is 0.102. The predicted octanol–water partition coefficient (Wildman–Crippen LogP) is 3.91. The fraction of sp³-hybridized carbons (Fsp3) is 0. The number of nitrogens with one attached hydrogen (secondary N) is 1. The van der Waals surface area contributed by atoms with Crippen LogP contribution < -0.4 is 5.32 Å². The number of halogens is 1. The van der Waals surface area contributed by atoms with E-state index in [0.717, 1.165) is 17.0 Å². The Hall–Kier alpha value is -1.92. The molecule has 0 aliphatic carbocycles. The van der Waals surface area contributed by atoms with Crippen LogP contribution in [-0.4, -0.2) is 5.91 Å². The smallest absolute Gasteiger partial charge is 0.260 e. The van der Waals surface area contributed by atoms with Crippen LogP contribution in [0.3, 0.4) is 0 Å². The van der Waals surface area contributed by atoms with Crippen molar-refractivity contribution >= 4 is 45.9 Å². The van der Waals surface area contributed by atoms with Gasteiger partial charge in [-0.1, -0.05) is 6.07 Å². The molecule has 1 aliphatic heterocycles. The second-order valence-corrected chi connectivity index (χ2v) is 4.37. The van der Waals surface area contributed by atoms with E-state index >= 15 is 0 Å². The number of carbonyl (C=O) groups excluding carboxylic acids is 1. The molecule has 0 unspecified atom stereocenters. The number of nitrogens with zero attached hydrogens (tertiary/aromatic N) is 2. The summed E-state index contributed by atoms with van der Waals surface area (Å²) in [5.74, 6) is -0.339. The van der Waals surface area contributed by atoms with Crippen molar-refractivity contribution < 1.29 is 9.21 Å². The van der Waals surface area contributed by atoms with E-state index in [-0.39, 0.29) is 16.7 Å². The second-order valence-electron chi connectivity index (χ2n) is 3.50. The molecule has 7 heteroatoms. The summed E-state index contributed by atoms with van der Waals surface area (Å²) in [4.78, 5) is 12.0. The molecule has 0 spiro atoms. The molecule has 0 atom stereocenters. The van der Waals surface area contributed by atoms with Crippen LogP contribution >= 0.6 is 11.6 Å². The standard InChI is InChI=1S/C11H6ClN3O2S/c12-10-6(4-5-17-10)11(16)13-7-2-1-3-8-9(7)15-18-14-8/h1-5H,(H,13,16). The number of fused-ring (bicyclic) bond motifs is 1. The van der Waals surface area contributed by atoms with Gasteiger partial charge >= 0.3 is 0 Å². The fourth-order valence-electron chi connectivity index (χ4n) is 1.55. The first-order valence-corrected chi connectivity index (χ1v) is 6.12. The number of benzene rings is 1. The molecule has 90 valence electrons. The Morgan fingerprint density at radius 2 is 2.22 bits per heavy atom.